The second-order valence-electron chi connectivity index (χ2n) is 3.70. The normalized spacial score (nSPS) is 10.6. The Labute approximate surface area is 112 Å². The topological polar surface area (TPSA) is 85.0 Å². The van der Waals surface area contributed by atoms with Crippen molar-refractivity contribution in [3.8, 4) is 0 Å². The Hall–Kier alpha value is -1.60. The van der Waals surface area contributed by atoms with E-state index in [1.807, 2.05) is 13.8 Å². The molecule has 0 spiro atoms. The summed E-state index contributed by atoms with van der Waals surface area (Å²) in [5, 5.41) is 8.82. The van der Waals surface area contributed by atoms with Crippen LogP contribution in [0.4, 0.5) is 6.01 Å². The van der Waals surface area contributed by atoms with Gasteiger partial charge in [0.1, 0.15) is 6.26 Å². The fourth-order valence-corrected chi connectivity index (χ4v) is 1.45. The van der Waals surface area contributed by atoms with Crippen LogP contribution < -0.4 is 4.90 Å². The molecule has 1 heterocycles. The standard InChI is InChI=1S/C12H20N2O5/c1-3-17-7-5-14(6-8-18-4-2)12-13-10(9-19-12)11(15)16/h9H,3-8H2,1-2H3,(H,15,16). The Balaban J connectivity index is 2.61. The van der Waals surface area contributed by atoms with Crippen LogP contribution in [0.25, 0.3) is 0 Å². The molecule has 0 atom stereocenters. The Morgan fingerprint density at radius 2 is 1.89 bits per heavy atom. The summed E-state index contributed by atoms with van der Waals surface area (Å²) >= 11 is 0. The van der Waals surface area contributed by atoms with Crippen molar-refractivity contribution in [2.75, 3.05) is 44.4 Å². The highest BCUT2D eigenvalue weighted by molar-refractivity contribution is 5.85. The van der Waals surface area contributed by atoms with Gasteiger partial charge >= 0.3 is 5.97 Å². The molecule has 0 amide bonds. The molecule has 0 bridgehead atoms. The van der Waals surface area contributed by atoms with E-state index in [0.717, 1.165) is 6.26 Å². The van der Waals surface area contributed by atoms with Gasteiger partial charge in [0.05, 0.1) is 13.2 Å². The molecule has 108 valence electrons. The highest BCUT2D eigenvalue weighted by Gasteiger charge is 2.16. The second-order valence-corrected chi connectivity index (χ2v) is 3.70. The summed E-state index contributed by atoms with van der Waals surface area (Å²) in [6.45, 7) is 7.27. The number of ether oxygens (including phenoxy) is 2. The van der Waals surface area contributed by atoms with Crippen LogP contribution in [0.3, 0.4) is 0 Å². The largest absolute Gasteiger partial charge is 0.476 e. The van der Waals surface area contributed by atoms with Gasteiger partial charge in [0.2, 0.25) is 0 Å². The van der Waals surface area contributed by atoms with E-state index in [4.69, 9.17) is 19.0 Å². The lowest BCUT2D eigenvalue weighted by Gasteiger charge is -2.20. The molecule has 19 heavy (non-hydrogen) atoms. The molecule has 1 rings (SSSR count). The van der Waals surface area contributed by atoms with Gasteiger partial charge in [0.15, 0.2) is 5.69 Å². The molecule has 0 saturated heterocycles. The van der Waals surface area contributed by atoms with E-state index >= 15 is 0 Å². The minimum atomic E-state index is -1.11. The summed E-state index contributed by atoms with van der Waals surface area (Å²) in [5.74, 6) is -1.11. The highest BCUT2D eigenvalue weighted by atomic mass is 16.5. The maximum absolute atomic E-state index is 10.8. The molecule has 0 radical (unpaired) electrons. The van der Waals surface area contributed by atoms with Crippen LogP contribution in [-0.4, -0.2) is 55.6 Å². The van der Waals surface area contributed by atoms with Crippen LogP contribution in [0, 0.1) is 0 Å². The van der Waals surface area contributed by atoms with Gasteiger partial charge < -0.3 is 23.9 Å². The van der Waals surface area contributed by atoms with Crippen molar-refractivity contribution >= 4 is 12.0 Å². The number of rotatable bonds is 10. The third-order valence-electron chi connectivity index (χ3n) is 2.40. The third-order valence-corrected chi connectivity index (χ3v) is 2.40. The molecule has 0 saturated carbocycles. The van der Waals surface area contributed by atoms with Gasteiger partial charge in [-0.1, -0.05) is 0 Å². The number of carbonyl (C=O) groups is 1. The van der Waals surface area contributed by atoms with E-state index < -0.39 is 5.97 Å². The molecule has 0 unspecified atom stereocenters. The number of oxazole rings is 1. The van der Waals surface area contributed by atoms with E-state index in [9.17, 15) is 4.79 Å². The van der Waals surface area contributed by atoms with E-state index in [-0.39, 0.29) is 11.7 Å². The number of aromatic carboxylic acids is 1. The lowest BCUT2D eigenvalue weighted by atomic mass is 10.5. The molecule has 0 aliphatic rings. The van der Waals surface area contributed by atoms with Crippen molar-refractivity contribution in [3.63, 3.8) is 0 Å². The summed E-state index contributed by atoms with van der Waals surface area (Å²) < 4.78 is 15.7. The summed E-state index contributed by atoms with van der Waals surface area (Å²) in [7, 11) is 0. The first-order valence-electron chi connectivity index (χ1n) is 6.28. The first kappa shape index (κ1) is 15.5. The molecule has 7 nitrogen and oxygen atoms in total. The van der Waals surface area contributed by atoms with E-state index in [1.165, 1.54) is 0 Å². The maximum Gasteiger partial charge on any atom is 0.357 e. The zero-order chi connectivity index (χ0) is 14.1. The molecule has 1 aromatic heterocycles. The highest BCUT2D eigenvalue weighted by Crippen LogP contribution is 2.13. The molecular formula is C12H20N2O5. The number of nitrogens with zero attached hydrogens (tertiary/aromatic N) is 2. The number of hydrogen-bond donors (Lipinski definition) is 1. The number of carboxylic acid groups (broad SMARTS) is 1. The fourth-order valence-electron chi connectivity index (χ4n) is 1.45. The van der Waals surface area contributed by atoms with E-state index in [0.29, 0.717) is 39.5 Å². The predicted molar refractivity (Wildman–Crippen MR) is 68.7 cm³/mol. The minimum absolute atomic E-state index is 0.104. The zero-order valence-electron chi connectivity index (χ0n) is 11.3. The Morgan fingerprint density at radius 1 is 1.32 bits per heavy atom. The van der Waals surface area contributed by atoms with Gasteiger partial charge in [-0.05, 0) is 13.8 Å². The van der Waals surface area contributed by atoms with Gasteiger partial charge in [-0.25, -0.2) is 4.79 Å². The molecule has 0 aromatic carbocycles. The molecule has 1 aromatic rings. The third kappa shape index (κ3) is 5.27. The Kier molecular flexibility index (Phi) is 6.91. The van der Waals surface area contributed by atoms with Crippen molar-refractivity contribution in [1.82, 2.24) is 4.98 Å². The Morgan fingerprint density at radius 3 is 2.32 bits per heavy atom. The quantitative estimate of drug-likeness (QED) is 0.641. The fraction of sp³-hybridized carbons (Fsp3) is 0.667. The first-order valence-corrected chi connectivity index (χ1v) is 6.28. The average Bonchev–Trinajstić information content (AvgIpc) is 2.87. The summed E-state index contributed by atoms with van der Waals surface area (Å²) in [6.07, 6.45) is 1.13. The van der Waals surface area contributed by atoms with Crippen molar-refractivity contribution in [2.45, 2.75) is 13.8 Å². The number of anilines is 1. The lowest BCUT2D eigenvalue weighted by molar-refractivity contribution is 0.0690. The summed E-state index contributed by atoms with van der Waals surface area (Å²) in [5.41, 5.74) is -0.104. The van der Waals surface area contributed by atoms with Crippen LogP contribution in [-0.2, 0) is 9.47 Å². The van der Waals surface area contributed by atoms with E-state index in [2.05, 4.69) is 4.98 Å². The first-order chi connectivity index (χ1) is 9.19. The molecule has 7 heteroatoms. The average molecular weight is 272 g/mol. The summed E-state index contributed by atoms with van der Waals surface area (Å²) in [4.78, 5) is 16.5. The summed E-state index contributed by atoms with van der Waals surface area (Å²) in [6, 6.07) is 0.275. The number of hydrogen-bond acceptors (Lipinski definition) is 6. The van der Waals surface area contributed by atoms with Gasteiger partial charge in [-0.3, -0.25) is 0 Å². The van der Waals surface area contributed by atoms with Crippen LogP contribution in [0.1, 0.15) is 24.3 Å². The van der Waals surface area contributed by atoms with Crippen molar-refractivity contribution in [3.05, 3.63) is 12.0 Å². The van der Waals surface area contributed by atoms with E-state index in [1.54, 1.807) is 4.90 Å². The van der Waals surface area contributed by atoms with Crippen LogP contribution in [0.2, 0.25) is 0 Å². The monoisotopic (exact) mass is 272 g/mol. The van der Waals surface area contributed by atoms with Crippen molar-refractivity contribution in [1.29, 1.82) is 0 Å². The van der Waals surface area contributed by atoms with Gasteiger partial charge in [-0.2, -0.15) is 4.98 Å². The number of carboxylic acids is 1. The van der Waals surface area contributed by atoms with Gasteiger partial charge in [-0.15, -0.1) is 0 Å². The second kappa shape index (κ2) is 8.49. The SMILES string of the molecule is CCOCCN(CCOCC)c1nc(C(=O)O)co1. The molecule has 0 fully saturated rings. The zero-order valence-corrected chi connectivity index (χ0v) is 11.3. The van der Waals surface area contributed by atoms with Crippen LogP contribution >= 0.6 is 0 Å². The van der Waals surface area contributed by atoms with Crippen molar-refractivity contribution < 1.29 is 23.8 Å². The molecule has 0 aliphatic heterocycles. The molecule has 1 N–H and O–H groups in total. The maximum atomic E-state index is 10.8. The Bertz CT molecular complexity index is 370. The van der Waals surface area contributed by atoms with Gasteiger partial charge in [0, 0.05) is 26.3 Å². The molecule has 0 aliphatic carbocycles. The predicted octanol–water partition coefficient (Wildman–Crippen LogP) is 1.25. The minimum Gasteiger partial charge on any atom is -0.476 e. The smallest absolute Gasteiger partial charge is 0.357 e. The van der Waals surface area contributed by atoms with Crippen molar-refractivity contribution in [2.24, 2.45) is 0 Å². The van der Waals surface area contributed by atoms with Gasteiger partial charge in [0.25, 0.3) is 6.01 Å². The van der Waals surface area contributed by atoms with Crippen LogP contribution in [0.5, 0.6) is 0 Å². The number of aromatic nitrogens is 1. The van der Waals surface area contributed by atoms with Crippen LogP contribution in [0.15, 0.2) is 10.7 Å². The lowest BCUT2D eigenvalue weighted by Crippen LogP contribution is -2.31. The molecular weight excluding hydrogens is 252 g/mol.